The second-order valence-electron chi connectivity index (χ2n) is 4.35. The monoisotopic (exact) mass is 327 g/mol. The van der Waals surface area contributed by atoms with Crippen LogP contribution in [0.25, 0.3) is 0 Å². The summed E-state index contributed by atoms with van der Waals surface area (Å²) in [5, 5.41) is 5.01. The zero-order chi connectivity index (χ0) is 17.4. The molecule has 0 unspecified atom stereocenters. The van der Waals surface area contributed by atoms with E-state index >= 15 is 0 Å². The van der Waals surface area contributed by atoms with Gasteiger partial charge in [-0.3, -0.25) is 5.01 Å². The van der Waals surface area contributed by atoms with Crippen LogP contribution < -0.4 is 21.3 Å². The largest absolute Gasteiger partial charge is 0.438 e. The number of nitrogens with zero attached hydrogens (tertiary/aromatic N) is 5. The highest BCUT2D eigenvalue weighted by Gasteiger charge is 2.10. The first-order chi connectivity index (χ1) is 11.7. The molecular weight excluding hydrogens is 310 g/mol. The van der Waals surface area contributed by atoms with Crippen LogP contribution in [0.1, 0.15) is 5.56 Å². The van der Waals surface area contributed by atoms with Crippen molar-refractivity contribution in [2.45, 2.75) is 0 Å². The maximum absolute atomic E-state index is 5.81. The second kappa shape index (κ2) is 8.25. The van der Waals surface area contributed by atoms with Crippen molar-refractivity contribution in [1.29, 1.82) is 0 Å². The van der Waals surface area contributed by atoms with Crippen LogP contribution in [0.15, 0.2) is 53.5 Å². The lowest BCUT2D eigenvalue weighted by Gasteiger charge is -2.13. The summed E-state index contributed by atoms with van der Waals surface area (Å²) in [5.41, 5.74) is 6.94. The van der Waals surface area contributed by atoms with Gasteiger partial charge in [-0.1, -0.05) is 11.7 Å². The summed E-state index contributed by atoms with van der Waals surface area (Å²) in [4.78, 5) is 16.4. The first-order valence-corrected chi connectivity index (χ1v) is 6.78. The lowest BCUT2D eigenvalue weighted by molar-refractivity contribution is 0.215. The molecule has 0 aliphatic carbocycles. The van der Waals surface area contributed by atoms with Crippen molar-refractivity contribution in [3.05, 3.63) is 48.9 Å². The Labute approximate surface area is 138 Å². The molecule has 0 aliphatic rings. The van der Waals surface area contributed by atoms with Crippen LogP contribution in [0.5, 0.6) is 11.6 Å². The van der Waals surface area contributed by atoms with Crippen LogP contribution in [0, 0.1) is 0 Å². The molecule has 1 aromatic heterocycles. The fourth-order valence-corrected chi connectivity index (χ4v) is 1.68. The molecule has 0 fully saturated rings. The molecule has 0 bridgehead atoms. The van der Waals surface area contributed by atoms with Gasteiger partial charge in [0.2, 0.25) is 5.88 Å². The zero-order valence-electron chi connectivity index (χ0n) is 13.0. The topological polar surface area (TPSA) is 124 Å². The van der Waals surface area contributed by atoms with E-state index in [1.54, 1.807) is 24.3 Å². The van der Waals surface area contributed by atoms with E-state index in [1.807, 2.05) is 0 Å². The summed E-state index contributed by atoms with van der Waals surface area (Å²) in [7, 11) is 1.42. The molecule has 9 heteroatoms. The summed E-state index contributed by atoms with van der Waals surface area (Å²) in [6.45, 7) is 3.48. The van der Waals surface area contributed by atoms with E-state index in [2.05, 4.69) is 31.5 Å². The molecule has 9 nitrogen and oxygen atoms in total. The van der Waals surface area contributed by atoms with Gasteiger partial charge in [0.15, 0.2) is 0 Å². The molecule has 2 rings (SSSR count). The Morgan fingerprint density at radius 2 is 2.00 bits per heavy atom. The Hall–Kier alpha value is -3.46. The van der Waals surface area contributed by atoms with Crippen LogP contribution in [0.4, 0.5) is 11.5 Å². The van der Waals surface area contributed by atoms with Crippen LogP contribution in [-0.2, 0) is 4.84 Å². The molecule has 0 spiro atoms. The van der Waals surface area contributed by atoms with Gasteiger partial charge >= 0.3 is 0 Å². The highest BCUT2D eigenvalue weighted by molar-refractivity contribution is 5.88. The Morgan fingerprint density at radius 1 is 1.25 bits per heavy atom. The third-order valence-corrected chi connectivity index (χ3v) is 2.81. The van der Waals surface area contributed by atoms with Crippen molar-refractivity contribution in [3.8, 4) is 11.6 Å². The number of hydrazine groups is 1. The standard InChI is InChI=1S/C15H17N7O2/c1-3-18-10-22(17)11-4-6-12(7-5-11)24-15-13(8-21-23-2)14(16)19-9-20-15/h3-10H,1,17H2,2H3,(H2,16,19,20)/b18-10?,21-8+. The normalized spacial score (nSPS) is 10.9. The van der Waals surface area contributed by atoms with Gasteiger partial charge in [0.1, 0.15) is 36.9 Å². The Morgan fingerprint density at radius 3 is 2.67 bits per heavy atom. The highest BCUT2D eigenvalue weighted by atomic mass is 16.6. The maximum Gasteiger partial charge on any atom is 0.233 e. The van der Waals surface area contributed by atoms with Crippen LogP contribution in [0.2, 0.25) is 0 Å². The van der Waals surface area contributed by atoms with Crippen molar-refractivity contribution >= 4 is 24.1 Å². The third-order valence-electron chi connectivity index (χ3n) is 2.81. The molecule has 0 aliphatic heterocycles. The molecule has 1 aromatic carbocycles. The summed E-state index contributed by atoms with van der Waals surface area (Å²) in [5.74, 6) is 6.84. The lowest BCUT2D eigenvalue weighted by Crippen LogP contribution is -2.28. The smallest absolute Gasteiger partial charge is 0.233 e. The Balaban J connectivity index is 2.20. The number of rotatable bonds is 7. The number of anilines is 2. The van der Waals surface area contributed by atoms with E-state index in [9.17, 15) is 0 Å². The molecule has 1 heterocycles. The molecular formula is C15H17N7O2. The minimum absolute atomic E-state index is 0.228. The first kappa shape index (κ1) is 16.9. The molecule has 24 heavy (non-hydrogen) atoms. The summed E-state index contributed by atoms with van der Waals surface area (Å²) < 4.78 is 5.72. The Bertz CT molecular complexity index is 744. The summed E-state index contributed by atoms with van der Waals surface area (Å²) in [6, 6.07) is 6.98. The SMILES string of the molecule is C=CN=CN(N)c1ccc(Oc2ncnc(N)c2/C=N/OC)cc1. The minimum Gasteiger partial charge on any atom is -0.438 e. The number of nitrogens with two attached hydrogens (primary N) is 2. The van der Waals surface area contributed by atoms with E-state index in [4.69, 9.17) is 16.3 Å². The van der Waals surface area contributed by atoms with Gasteiger partial charge in [-0.2, -0.15) is 0 Å². The maximum atomic E-state index is 5.81. The number of hydrogen-bond acceptors (Lipinski definition) is 8. The van der Waals surface area contributed by atoms with E-state index < -0.39 is 0 Å². The fourth-order valence-electron chi connectivity index (χ4n) is 1.68. The van der Waals surface area contributed by atoms with Crippen molar-refractivity contribution in [1.82, 2.24) is 9.97 Å². The lowest BCUT2D eigenvalue weighted by atomic mass is 10.3. The molecule has 0 saturated heterocycles. The minimum atomic E-state index is 0.228. The molecule has 4 N–H and O–H groups in total. The number of benzene rings is 1. The van der Waals surface area contributed by atoms with Crippen molar-refractivity contribution in [3.63, 3.8) is 0 Å². The van der Waals surface area contributed by atoms with Crippen LogP contribution in [-0.4, -0.2) is 29.6 Å². The van der Waals surface area contributed by atoms with Gasteiger partial charge in [0, 0.05) is 6.20 Å². The quantitative estimate of drug-likeness (QED) is 0.343. The van der Waals surface area contributed by atoms with E-state index in [0.717, 1.165) is 5.69 Å². The van der Waals surface area contributed by atoms with Gasteiger partial charge in [-0.25, -0.2) is 20.8 Å². The number of hydrogen-bond donors (Lipinski definition) is 2. The van der Waals surface area contributed by atoms with Gasteiger partial charge in [0.05, 0.1) is 11.9 Å². The molecule has 0 atom stereocenters. The average molecular weight is 327 g/mol. The molecule has 0 amide bonds. The number of aliphatic imine (C=N–C) groups is 1. The van der Waals surface area contributed by atoms with E-state index in [0.29, 0.717) is 11.3 Å². The third kappa shape index (κ3) is 4.27. The Kier molecular flexibility index (Phi) is 5.81. The first-order valence-electron chi connectivity index (χ1n) is 6.78. The number of oxime groups is 1. The molecule has 2 aromatic rings. The second-order valence-corrected chi connectivity index (χ2v) is 4.35. The van der Waals surface area contributed by atoms with Gasteiger partial charge in [-0.05, 0) is 24.3 Å². The molecule has 0 radical (unpaired) electrons. The van der Waals surface area contributed by atoms with Gasteiger partial charge in [-0.15, -0.1) is 0 Å². The van der Waals surface area contributed by atoms with Crippen molar-refractivity contribution in [2.75, 3.05) is 17.9 Å². The summed E-state index contributed by atoms with van der Waals surface area (Å²) >= 11 is 0. The summed E-state index contributed by atoms with van der Waals surface area (Å²) in [6.07, 6.45) is 5.51. The van der Waals surface area contributed by atoms with E-state index in [1.165, 1.54) is 37.2 Å². The molecule has 0 saturated carbocycles. The number of ether oxygens (including phenoxy) is 1. The highest BCUT2D eigenvalue weighted by Crippen LogP contribution is 2.25. The fraction of sp³-hybridized carbons (Fsp3) is 0.0667. The number of nitrogen functional groups attached to an aromatic ring is 1. The van der Waals surface area contributed by atoms with E-state index in [-0.39, 0.29) is 11.7 Å². The van der Waals surface area contributed by atoms with Gasteiger partial charge < -0.3 is 15.3 Å². The predicted molar refractivity (Wildman–Crippen MR) is 92.9 cm³/mol. The van der Waals surface area contributed by atoms with Crippen LogP contribution >= 0.6 is 0 Å². The van der Waals surface area contributed by atoms with Crippen molar-refractivity contribution < 1.29 is 9.57 Å². The van der Waals surface area contributed by atoms with Crippen molar-refractivity contribution in [2.24, 2.45) is 16.0 Å². The number of aromatic nitrogens is 2. The van der Waals surface area contributed by atoms with Gasteiger partial charge in [0.25, 0.3) is 0 Å². The zero-order valence-corrected chi connectivity index (χ0v) is 13.0. The van der Waals surface area contributed by atoms with Crippen LogP contribution in [0.3, 0.4) is 0 Å². The average Bonchev–Trinajstić information content (AvgIpc) is 2.60. The predicted octanol–water partition coefficient (Wildman–Crippen LogP) is 1.68. The molecule has 124 valence electrons.